The van der Waals surface area contributed by atoms with Crippen LogP contribution in [0.25, 0.3) is 0 Å². The Kier molecular flexibility index (Phi) is 3.57. The summed E-state index contributed by atoms with van der Waals surface area (Å²) < 4.78 is 10.9. The fraction of sp³-hybridized carbons (Fsp3) is 0.143. The Morgan fingerprint density at radius 3 is 2.62 bits per heavy atom. The van der Waals surface area contributed by atoms with Crippen molar-refractivity contribution < 1.29 is 9.15 Å². The topological polar surface area (TPSA) is 22.4 Å². The van der Waals surface area contributed by atoms with Gasteiger partial charge >= 0.3 is 0 Å². The molecule has 1 aromatic heterocycles. The van der Waals surface area contributed by atoms with Crippen LogP contribution < -0.4 is 0 Å². The molecule has 1 aromatic carbocycles. The van der Waals surface area contributed by atoms with Crippen LogP contribution in [0, 0.1) is 0 Å². The lowest BCUT2D eigenvalue weighted by Crippen LogP contribution is -2.00. The summed E-state index contributed by atoms with van der Waals surface area (Å²) >= 11 is 0. The van der Waals surface area contributed by atoms with E-state index in [0.717, 1.165) is 11.3 Å². The van der Waals surface area contributed by atoms with Crippen molar-refractivity contribution in [3.8, 4) is 0 Å². The molecule has 2 heteroatoms. The van der Waals surface area contributed by atoms with E-state index in [2.05, 4.69) is 6.58 Å². The SMILES string of the molecule is C=C[C@@H](OCc1ccco1)c1ccccc1. The first kappa shape index (κ1) is 10.7. The molecule has 0 aliphatic heterocycles. The molecule has 0 radical (unpaired) electrons. The van der Waals surface area contributed by atoms with Gasteiger partial charge in [0.15, 0.2) is 0 Å². The zero-order valence-corrected chi connectivity index (χ0v) is 9.00. The number of hydrogen-bond donors (Lipinski definition) is 0. The molecule has 0 fully saturated rings. The van der Waals surface area contributed by atoms with Crippen LogP contribution in [0.4, 0.5) is 0 Å². The number of benzene rings is 1. The van der Waals surface area contributed by atoms with Crippen molar-refractivity contribution in [2.45, 2.75) is 12.7 Å². The Bertz CT molecular complexity index is 417. The lowest BCUT2D eigenvalue weighted by molar-refractivity contribution is 0.0603. The van der Waals surface area contributed by atoms with Gasteiger partial charge in [-0.2, -0.15) is 0 Å². The van der Waals surface area contributed by atoms with Gasteiger partial charge in [0.25, 0.3) is 0 Å². The monoisotopic (exact) mass is 214 g/mol. The van der Waals surface area contributed by atoms with Crippen LogP contribution in [0.3, 0.4) is 0 Å². The summed E-state index contributed by atoms with van der Waals surface area (Å²) in [5, 5.41) is 0. The summed E-state index contributed by atoms with van der Waals surface area (Å²) in [7, 11) is 0. The third kappa shape index (κ3) is 2.61. The predicted molar refractivity (Wildman–Crippen MR) is 62.9 cm³/mol. The van der Waals surface area contributed by atoms with Gasteiger partial charge in [-0.1, -0.05) is 36.4 Å². The quantitative estimate of drug-likeness (QED) is 0.708. The second-order valence-electron chi connectivity index (χ2n) is 3.46. The van der Waals surface area contributed by atoms with Gasteiger partial charge < -0.3 is 9.15 Å². The van der Waals surface area contributed by atoms with Gasteiger partial charge in [-0.15, -0.1) is 6.58 Å². The van der Waals surface area contributed by atoms with Gasteiger partial charge in [-0.25, -0.2) is 0 Å². The van der Waals surface area contributed by atoms with Crippen molar-refractivity contribution in [3.05, 3.63) is 72.7 Å². The molecule has 0 aliphatic rings. The van der Waals surface area contributed by atoms with Crippen LogP contribution in [0.5, 0.6) is 0 Å². The highest BCUT2D eigenvalue weighted by Crippen LogP contribution is 2.19. The molecule has 0 spiro atoms. The largest absolute Gasteiger partial charge is 0.467 e. The molecule has 1 atom stereocenters. The van der Waals surface area contributed by atoms with Gasteiger partial charge in [0.2, 0.25) is 0 Å². The van der Waals surface area contributed by atoms with E-state index in [9.17, 15) is 0 Å². The predicted octanol–water partition coefficient (Wildman–Crippen LogP) is 3.72. The minimum atomic E-state index is -0.0914. The Morgan fingerprint density at radius 1 is 1.19 bits per heavy atom. The van der Waals surface area contributed by atoms with Gasteiger partial charge in [-0.3, -0.25) is 0 Å². The average molecular weight is 214 g/mol. The summed E-state index contributed by atoms with van der Waals surface area (Å²) in [6.45, 7) is 4.24. The second kappa shape index (κ2) is 5.33. The summed E-state index contributed by atoms with van der Waals surface area (Å²) in [4.78, 5) is 0. The molecule has 0 unspecified atom stereocenters. The van der Waals surface area contributed by atoms with Crippen molar-refractivity contribution in [2.24, 2.45) is 0 Å². The Labute approximate surface area is 95.2 Å². The van der Waals surface area contributed by atoms with Gasteiger partial charge in [0, 0.05) is 0 Å². The summed E-state index contributed by atoms with van der Waals surface area (Å²) in [6.07, 6.45) is 3.34. The molecule has 2 nitrogen and oxygen atoms in total. The van der Waals surface area contributed by atoms with Crippen LogP contribution in [0.2, 0.25) is 0 Å². The minimum absolute atomic E-state index is 0.0914. The molecule has 0 saturated heterocycles. The zero-order chi connectivity index (χ0) is 11.2. The molecular weight excluding hydrogens is 200 g/mol. The molecule has 0 amide bonds. The Balaban J connectivity index is 1.99. The maximum Gasteiger partial charge on any atom is 0.129 e. The first-order valence-electron chi connectivity index (χ1n) is 5.21. The van der Waals surface area contributed by atoms with E-state index in [4.69, 9.17) is 9.15 Å². The molecule has 82 valence electrons. The highest BCUT2D eigenvalue weighted by molar-refractivity contribution is 5.20. The summed E-state index contributed by atoms with van der Waals surface area (Å²) in [5.74, 6) is 0.822. The number of furan rings is 1. The molecule has 1 heterocycles. The van der Waals surface area contributed by atoms with E-state index in [1.807, 2.05) is 42.5 Å². The zero-order valence-electron chi connectivity index (χ0n) is 9.00. The van der Waals surface area contributed by atoms with E-state index in [1.54, 1.807) is 12.3 Å². The summed E-state index contributed by atoms with van der Waals surface area (Å²) in [5.41, 5.74) is 1.10. The highest BCUT2D eigenvalue weighted by Gasteiger charge is 2.07. The summed E-state index contributed by atoms with van der Waals surface area (Å²) in [6, 6.07) is 13.7. The fourth-order valence-electron chi connectivity index (χ4n) is 1.51. The first-order chi connectivity index (χ1) is 7.90. The van der Waals surface area contributed by atoms with E-state index >= 15 is 0 Å². The van der Waals surface area contributed by atoms with Gasteiger partial charge in [0.05, 0.1) is 6.26 Å². The standard InChI is InChI=1S/C14H14O2/c1-2-14(12-7-4-3-5-8-12)16-11-13-9-6-10-15-13/h2-10,14H,1,11H2/t14-/m1/s1. The molecule has 2 rings (SSSR count). The van der Waals surface area contributed by atoms with Crippen molar-refractivity contribution in [1.82, 2.24) is 0 Å². The van der Waals surface area contributed by atoms with Crippen molar-refractivity contribution in [1.29, 1.82) is 0 Å². The van der Waals surface area contributed by atoms with Gasteiger partial charge in [-0.05, 0) is 17.7 Å². The normalized spacial score (nSPS) is 12.2. The van der Waals surface area contributed by atoms with Crippen LogP contribution in [-0.4, -0.2) is 0 Å². The Morgan fingerprint density at radius 2 is 2.00 bits per heavy atom. The average Bonchev–Trinajstić information content (AvgIpc) is 2.84. The maximum atomic E-state index is 5.71. The fourth-order valence-corrected chi connectivity index (χ4v) is 1.51. The van der Waals surface area contributed by atoms with Crippen LogP contribution in [-0.2, 0) is 11.3 Å². The molecule has 0 bridgehead atoms. The molecule has 2 aromatic rings. The van der Waals surface area contributed by atoms with E-state index < -0.39 is 0 Å². The number of ether oxygens (including phenoxy) is 1. The minimum Gasteiger partial charge on any atom is -0.467 e. The van der Waals surface area contributed by atoms with E-state index in [-0.39, 0.29) is 6.10 Å². The number of hydrogen-bond acceptors (Lipinski definition) is 2. The smallest absolute Gasteiger partial charge is 0.129 e. The van der Waals surface area contributed by atoms with Gasteiger partial charge in [0.1, 0.15) is 18.5 Å². The molecule has 16 heavy (non-hydrogen) atoms. The van der Waals surface area contributed by atoms with E-state index in [1.165, 1.54) is 0 Å². The van der Waals surface area contributed by atoms with Crippen LogP contribution in [0.1, 0.15) is 17.4 Å². The Hall–Kier alpha value is -1.80. The lowest BCUT2D eigenvalue weighted by atomic mass is 10.1. The highest BCUT2D eigenvalue weighted by atomic mass is 16.5. The third-order valence-corrected chi connectivity index (χ3v) is 2.33. The molecule has 0 N–H and O–H groups in total. The van der Waals surface area contributed by atoms with Crippen molar-refractivity contribution in [3.63, 3.8) is 0 Å². The van der Waals surface area contributed by atoms with Crippen molar-refractivity contribution >= 4 is 0 Å². The second-order valence-corrected chi connectivity index (χ2v) is 3.46. The third-order valence-electron chi connectivity index (χ3n) is 2.33. The van der Waals surface area contributed by atoms with E-state index in [0.29, 0.717) is 6.61 Å². The first-order valence-corrected chi connectivity index (χ1v) is 5.21. The lowest BCUT2D eigenvalue weighted by Gasteiger charge is -2.13. The van der Waals surface area contributed by atoms with Crippen LogP contribution >= 0.6 is 0 Å². The molecular formula is C14H14O2. The van der Waals surface area contributed by atoms with Crippen molar-refractivity contribution in [2.75, 3.05) is 0 Å². The van der Waals surface area contributed by atoms with Crippen LogP contribution in [0.15, 0.2) is 65.8 Å². The maximum absolute atomic E-state index is 5.71. The molecule has 0 saturated carbocycles. The number of rotatable bonds is 5. The molecule has 0 aliphatic carbocycles.